The maximum atomic E-state index is 13.7. The third-order valence-corrected chi connectivity index (χ3v) is 8.16. The van der Waals surface area contributed by atoms with Crippen molar-refractivity contribution in [2.45, 2.75) is 52.9 Å². The Labute approximate surface area is 225 Å². The van der Waals surface area contributed by atoms with E-state index in [1.165, 1.54) is 53.4 Å². The highest BCUT2D eigenvalue weighted by Crippen LogP contribution is 2.38. The molecular weight excluding hydrogens is 474 g/mol. The van der Waals surface area contributed by atoms with E-state index in [1.807, 2.05) is 30.3 Å². The van der Waals surface area contributed by atoms with E-state index in [2.05, 4.69) is 68.1 Å². The zero-order valence-corrected chi connectivity index (χ0v) is 22.9. The first-order valence-corrected chi connectivity index (χ1v) is 14.2. The Morgan fingerprint density at radius 3 is 2.14 bits per heavy atom. The van der Waals surface area contributed by atoms with Gasteiger partial charge in [-0.25, -0.2) is 4.99 Å². The lowest BCUT2D eigenvalue weighted by atomic mass is 10.0. The number of amidine groups is 1. The summed E-state index contributed by atoms with van der Waals surface area (Å²) in [6.07, 6.45) is 7.80. The smallest absolute Gasteiger partial charge is 0.271 e. The van der Waals surface area contributed by atoms with Crippen LogP contribution in [0.2, 0.25) is 0 Å². The number of benzene rings is 3. The van der Waals surface area contributed by atoms with Gasteiger partial charge < -0.3 is 4.90 Å². The highest BCUT2D eigenvalue weighted by molar-refractivity contribution is 8.19. The fourth-order valence-electron chi connectivity index (χ4n) is 4.98. The first-order valence-electron chi connectivity index (χ1n) is 13.4. The quantitative estimate of drug-likeness (QED) is 0.317. The van der Waals surface area contributed by atoms with Crippen molar-refractivity contribution in [2.75, 3.05) is 22.9 Å². The normalized spacial score (nSPS) is 18.3. The number of carbonyl (C=O) groups excluding carboxylic acids is 1. The summed E-state index contributed by atoms with van der Waals surface area (Å²) in [5.74, 6) is -0.0315. The summed E-state index contributed by atoms with van der Waals surface area (Å²) in [4.78, 5) is 23.5. The van der Waals surface area contributed by atoms with Crippen LogP contribution in [0.15, 0.2) is 76.6 Å². The molecule has 4 nitrogen and oxygen atoms in total. The Morgan fingerprint density at radius 1 is 0.865 bits per heavy atom. The summed E-state index contributed by atoms with van der Waals surface area (Å²) >= 11 is 1.45. The Balaban J connectivity index is 1.48. The number of aryl methyl sites for hydroxylation is 3. The molecule has 5 heteroatoms. The van der Waals surface area contributed by atoms with Gasteiger partial charge in [-0.2, -0.15) is 0 Å². The van der Waals surface area contributed by atoms with Crippen LogP contribution in [0.1, 0.15) is 55.4 Å². The van der Waals surface area contributed by atoms with Gasteiger partial charge in [-0.05, 0) is 116 Å². The average molecular weight is 510 g/mol. The topological polar surface area (TPSA) is 35.9 Å². The van der Waals surface area contributed by atoms with E-state index in [0.717, 1.165) is 42.9 Å². The molecular formula is C32H35N3OS. The highest BCUT2D eigenvalue weighted by atomic mass is 32.2. The Morgan fingerprint density at radius 2 is 1.51 bits per heavy atom. The van der Waals surface area contributed by atoms with Gasteiger partial charge >= 0.3 is 0 Å². The molecule has 2 aliphatic heterocycles. The zero-order valence-electron chi connectivity index (χ0n) is 22.0. The zero-order chi connectivity index (χ0) is 25.8. The molecule has 0 atom stereocenters. The van der Waals surface area contributed by atoms with Gasteiger partial charge in [-0.3, -0.25) is 9.69 Å². The van der Waals surface area contributed by atoms with Crippen LogP contribution in [0.4, 0.5) is 17.1 Å². The Kier molecular flexibility index (Phi) is 7.80. The molecule has 3 aromatic rings. The van der Waals surface area contributed by atoms with Crippen LogP contribution in [0.5, 0.6) is 0 Å². The molecule has 0 bridgehead atoms. The number of rotatable bonds is 6. The minimum Gasteiger partial charge on any atom is -0.371 e. The van der Waals surface area contributed by atoms with Crippen molar-refractivity contribution < 1.29 is 4.79 Å². The molecule has 0 radical (unpaired) electrons. The lowest BCUT2D eigenvalue weighted by Crippen LogP contribution is -2.29. The Bertz CT molecular complexity index is 1320. The van der Waals surface area contributed by atoms with Crippen molar-refractivity contribution in [2.24, 2.45) is 4.99 Å². The molecule has 1 amide bonds. The maximum absolute atomic E-state index is 13.7. The minimum atomic E-state index is -0.0315. The van der Waals surface area contributed by atoms with Crippen LogP contribution < -0.4 is 9.80 Å². The van der Waals surface area contributed by atoms with E-state index in [0.29, 0.717) is 10.1 Å². The number of piperidine rings is 1. The van der Waals surface area contributed by atoms with E-state index in [4.69, 9.17) is 4.99 Å². The summed E-state index contributed by atoms with van der Waals surface area (Å²) in [5, 5.41) is 0.686. The second-order valence-electron chi connectivity index (χ2n) is 9.78. The number of thioether (sulfide) groups is 1. The van der Waals surface area contributed by atoms with Crippen molar-refractivity contribution in [1.82, 2.24) is 0 Å². The first kappa shape index (κ1) is 25.3. The first-order chi connectivity index (χ1) is 18.1. The van der Waals surface area contributed by atoms with Crippen LogP contribution in [-0.2, 0) is 17.6 Å². The third-order valence-electron chi connectivity index (χ3n) is 7.19. The number of anilines is 2. The number of amides is 1. The molecule has 2 heterocycles. The maximum Gasteiger partial charge on any atom is 0.271 e. The van der Waals surface area contributed by atoms with E-state index < -0.39 is 0 Å². The second kappa shape index (κ2) is 11.4. The fourth-order valence-corrected chi connectivity index (χ4v) is 5.98. The third kappa shape index (κ3) is 5.67. The van der Waals surface area contributed by atoms with Crippen LogP contribution >= 0.6 is 11.8 Å². The number of aliphatic imine (C=N–C) groups is 1. The van der Waals surface area contributed by atoms with Crippen LogP contribution in [0.25, 0.3) is 6.08 Å². The lowest BCUT2D eigenvalue weighted by molar-refractivity contribution is -0.113. The second-order valence-corrected chi connectivity index (χ2v) is 10.8. The minimum absolute atomic E-state index is 0.0315. The number of hydrogen-bond acceptors (Lipinski definition) is 4. The van der Waals surface area contributed by atoms with Crippen LogP contribution in [-0.4, -0.2) is 24.2 Å². The van der Waals surface area contributed by atoms with E-state index in [1.54, 1.807) is 4.90 Å². The van der Waals surface area contributed by atoms with Crippen molar-refractivity contribution >= 4 is 46.0 Å². The van der Waals surface area contributed by atoms with Crippen molar-refractivity contribution in [3.05, 3.63) is 93.9 Å². The predicted octanol–water partition coefficient (Wildman–Crippen LogP) is 7.92. The van der Waals surface area contributed by atoms with E-state index in [-0.39, 0.29) is 5.91 Å². The molecule has 5 rings (SSSR count). The largest absolute Gasteiger partial charge is 0.371 e. The molecule has 0 N–H and O–H groups in total. The predicted molar refractivity (Wildman–Crippen MR) is 159 cm³/mol. The molecule has 2 fully saturated rings. The summed E-state index contributed by atoms with van der Waals surface area (Å²) in [6.45, 7) is 8.70. The van der Waals surface area contributed by atoms with E-state index in [9.17, 15) is 4.79 Å². The lowest BCUT2D eigenvalue weighted by Gasteiger charge is -2.30. The average Bonchev–Trinajstić information content (AvgIpc) is 3.23. The summed E-state index contributed by atoms with van der Waals surface area (Å²) in [6, 6.07) is 23.0. The van der Waals surface area contributed by atoms with Crippen LogP contribution in [0.3, 0.4) is 0 Å². The molecule has 3 aromatic carbocycles. The summed E-state index contributed by atoms with van der Waals surface area (Å²) in [7, 11) is 0. The molecule has 2 aliphatic rings. The van der Waals surface area contributed by atoms with Gasteiger partial charge in [0, 0.05) is 18.8 Å². The molecule has 37 heavy (non-hydrogen) atoms. The van der Waals surface area contributed by atoms with Gasteiger partial charge in [0.1, 0.15) is 0 Å². The standard InChI is InChI=1S/C32H35N3OS/c1-4-24-9-14-27(15-10-24)33-32-35(28-16-11-25(5-2)12-17-28)31(36)30(37-32)22-26-13-18-29(23(3)21-26)34-19-7-6-8-20-34/h9-18,21-22H,4-8,19-20H2,1-3H3/b30-22-,33-32?. The van der Waals surface area contributed by atoms with E-state index >= 15 is 0 Å². The summed E-state index contributed by atoms with van der Waals surface area (Å²) in [5.41, 5.74) is 7.83. The molecule has 0 saturated carbocycles. The monoisotopic (exact) mass is 509 g/mol. The van der Waals surface area contributed by atoms with Crippen molar-refractivity contribution in [3.63, 3.8) is 0 Å². The van der Waals surface area contributed by atoms with Gasteiger partial charge in [-0.1, -0.05) is 44.2 Å². The van der Waals surface area contributed by atoms with Crippen LogP contribution in [0, 0.1) is 6.92 Å². The summed E-state index contributed by atoms with van der Waals surface area (Å²) < 4.78 is 0. The van der Waals surface area contributed by atoms with Crippen molar-refractivity contribution in [3.8, 4) is 0 Å². The van der Waals surface area contributed by atoms with Gasteiger partial charge in [0.05, 0.1) is 16.3 Å². The van der Waals surface area contributed by atoms with Crippen molar-refractivity contribution in [1.29, 1.82) is 0 Å². The van der Waals surface area contributed by atoms with Gasteiger partial charge in [0.15, 0.2) is 5.17 Å². The molecule has 0 spiro atoms. The van der Waals surface area contributed by atoms with Gasteiger partial charge in [0.25, 0.3) is 5.91 Å². The Hall–Kier alpha value is -3.31. The molecule has 0 unspecified atom stereocenters. The van der Waals surface area contributed by atoms with Gasteiger partial charge in [0.2, 0.25) is 0 Å². The number of nitrogens with zero attached hydrogens (tertiary/aromatic N) is 3. The molecule has 0 aliphatic carbocycles. The molecule has 2 saturated heterocycles. The molecule has 0 aromatic heterocycles. The number of carbonyl (C=O) groups is 1. The highest BCUT2D eigenvalue weighted by Gasteiger charge is 2.34. The SMILES string of the molecule is CCc1ccc(N=C2S/C(=C\c3ccc(N4CCCCC4)c(C)c3)C(=O)N2c2ccc(CC)cc2)cc1. The number of hydrogen-bond donors (Lipinski definition) is 0. The fraction of sp³-hybridized carbons (Fsp3) is 0.312. The molecule has 190 valence electrons. The van der Waals surface area contributed by atoms with Gasteiger partial charge in [-0.15, -0.1) is 0 Å².